The molecule has 1 aliphatic rings. The zero-order valence-electron chi connectivity index (χ0n) is 16.0. The summed E-state index contributed by atoms with van der Waals surface area (Å²) in [6.45, 7) is 2.95. The number of piperidine rings is 1. The van der Waals surface area contributed by atoms with Crippen molar-refractivity contribution in [1.29, 1.82) is 0 Å². The van der Waals surface area contributed by atoms with E-state index in [2.05, 4.69) is 0 Å². The summed E-state index contributed by atoms with van der Waals surface area (Å²) in [5.74, 6) is -1.19. The lowest BCUT2D eigenvalue weighted by molar-refractivity contribution is -0.384. The second-order valence-corrected chi connectivity index (χ2v) is 7.37. The van der Waals surface area contributed by atoms with Gasteiger partial charge < -0.3 is 9.64 Å². The van der Waals surface area contributed by atoms with E-state index in [0.29, 0.717) is 16.3 Å². The number of rotatable bonds is 6. The third-order valence-corrected chi connectivity index (χ3v) is 5.10. The molecule has 0 amide bonds. The van der Waals surface area contributed by atoms with Gasteiger partial charge in [-0.3, -0.25) is 14.9 Å². The van der Waals surface area contributed by atoms with Crippen LogP contribution in [0, 0.1) is 10.1 Å². The standard InChI is InChI=1S/C21H21ClN2O5/c1-14(20(25)15-6-5-7-17(22)12-15)29-21(26)16-8-9-18(19(13-16)24(27)28)23-10-3-2-4-11-23/h5-9,12-14H,2-4,10-11H2,1H3. The van der Waals surface area contributed by atoms with Gasteiger partial charge in [0, 0.05) is 29.7 Å². The van der Waals surface area contributed by atoms with E-state index < -0.39 is 22.8 Å². The highest BCUT2D eigenvalue weighted by Gasteiger charge is 2.25. The topological polar surface area (TPSA) is 89.8 Å². The van der Waals surface area contributed by atoms with E-state index in [0.717, 1.165) is 32.4 Å². The van der Waals surface area contributed by atoms with Crippen LogP contribution in [0.5, 0.6) is 0 Å². The number of hydrogen-bond acceptors (Lipinski definition) is 6. The van der Waals surface area contributed by atoms with Crippen molar-refractivity contribution in [3.05, 3.63) is 68.7 Å². The molecule has 2 aromatic carbocycles. The Balaban J connectivity index is 1.77. The number of carbonyl (C=O) groups excluding carboxylic acids is 2. The van der Waals surface area contributed by atoms with Crippen LogP contribution in [0.4, 0.5) is 11.4 Å². The molecule has 0 bridgehead atoms. The Bertz CT molecular complexity index is 940. The molecule has 3 rings (SSSR count). The molecule has 1 fully saturated rings. The summed E-state index contributed by atoms with van der Waals surface area (Å²) < 4.78 is 5.24. The molecule has 2 aromatic rings. The van der Waals surface area contributed by atoms with Gasteiger partial charge in [0.1, 0.15) is 5.69 Å². The van der Waals surface area contributed by atoms with Crippen LogP contribution in [-0.4, -0.2) is 35.9 Å². The fraction of sp³-hybridized carbons (Fsp3) is 0.333. The predicted molar refractivity (Wildman–Crippen MR) is 110 cm³/mol. The maximum atomic E-state index is 12.5. The number of esters is 1. The van der Waals surface area contributed by atoms with Crippen molar-refractivity contribution < 1.29 is 19.2 Å². The first-order chi connectivity index (χ1) is 13.9. The molecular weight excluding hydrogens is 396 g/mol. The van der Waals surface area contributed by atoms with Crippen molar-refractivity contribution in [2.75, 3.05) is 18.0 Å². The van der Waals surface area contributed by atoms with Gasteiger partial charge in [0.25, 0.3) is 5.69 Å². The van der Waals surface area contributed by atoms with Gasteiger partial charge in [-0.2, -0.15) is 0 Å². The molecule has 1 atom stereocenters. The minimum atomic E-state index is -1.05. The van der Waals surface area contributed by atoms with Crippen molar-refractivity contribution in [1.82, 2.24) is 0 Å². The number of carbonyl (C=O) groups is 2. The lowest BCUT2D eigenvalue weighted by Gasteiger charge is -2.28. The Morgan fingerprint density at radius 3 is 2.48 bits per heavy atom. The average molecular weight is 417 g/mol. The molecule has 0 N–H and O–H groups in total. The minimum Gasteiger partial charge on any atom is -0.451 e. The summed E-state index contributed by atoms with van der Waals surface area (Å²) in [6.07, 6.45) is 2.00. The second-order valence-electron chi connectivity index (χ2n) is 6.93. The zero-order valence-corrected chi connectivity index (χ0v) is 16.7. The van der Waals surface area contributed by atoms with Crippen LogP contribution in [0.2, 0.25) is 5.02 Å². The van der Waals surface area contributed by atoms with E-state index in [9.17, 15) is 19.7 Å². The van der Waals surface area contributed by atoms with Crippen molar-refractivity contribution in [2.45, 2.75) is 32.3 Å². The Kier molecular flexibility index (Phi) is 6.49. The van der Waals surface area contributed by atoms with Gasteiger partial charge in [-0.25, -0.2) is 4.79 Å². The highest BCUT2D eigenvalue weighted by atomic mass is 35.5. The van der Waals surface area contributed by atoms with Crippen molar-refractivity contribution in [3.63, 3.8) is 0 Å². The number of ether oxygens (including phenoxy) is 1. The average Bonchev–Trinajstić information content (AvgIpc) is 2.73. The van der Waals surface area contributed by atoms with E-state index in [1.807, 2.05) is 4.90 Å². The number of anilines is 1. The molecule has 1 aliphatic heterocycles. The van der Waals surface area contributed by atoms with Gasteiger partial charge in [-0.1, -0.05) is 23.7 Å². The van der Waals surface area contributed by atoms with Gasteiger partial charge in [0.05, 0.1) is 10.5 Å². The summed E-state index contributed by atoms with van der Waals surface area (Å²) in [4.78, 5) is 37.9. The number of halogens is 1. The van der Waals surface area contributed by atoms with Crippen molar-refractivity contribution in [3.8, 4) is 0 Å². The molecule has 29 heavy (non-hydrogen) atoms. The minimum absolute atomic E-state index is 0.0307. The van der Waals surface area contributed by atoms with Crippen LogP contribution >= 0.6 is 11.6 Å². The van der Waals surface area contributed by atoms with E-state index in [1.54, 1.807) is 24.3 Å². The molecule has 0 aliphatic carbocycles. The number of nitrogens with zero attached hydrogens (tertiary/aromatic N) is 2. The maximum Gasteiger partial charge on any atom is 0.339 e. The Labute approximate surface area is 173 Å². The molecule has 8 heteroatoms. The normalized spacial score (nSPS) is 14.9. The van der Waals surface area contributed by atoms with Crippen LogP contribution < -0.4 is 4.90 Å². The molecule has 1 saturated heterocycles. The highest BCUT2D eigenvalue weighted by Crippen LogP contribution is 2.31. The number of benzene rings is 2. The third kappa shape index (κ3) is 4.92. The van der Waals surface area contributed by atoms with Crippen molar-refractivity contribution in [2.24, 2.45) is 0 Å². The Morgan fingerprint density at radius 1 is 1.10 bits per heavy atom. The van der Waals surface area contributed by atoms with E-state index in [-0.39, 0.29) is 11.3 Å². The van der Waals surface area contributed by atoms with Gasteiger partial charge in [-0.05, 0) is 50.5 Å². The lowest BCUT2D eigenvalue weighted by Crippen LogP contribution is -2.30. The number of nitro groups is 1. The summed E-state index contributed by atoms with van der Waals surface area (Å²) >= 11 is 5.89. The Hall–Kier alpha value is -2.93. The first-order valence-corrected chi connectivity index (χ1v) is 9.79. The highest BCUT2D eigenvalue weighted by molar-refractivity contribution is 6.31. The fourth-order valence-corrected chi connectivity index (χ4v) is 3.55. The van der Waals surface area contributed by atoms with E-state index in [4.69, 9.17) is 16.3 Å². The largest absolute Gasteiger partial charge is 0.451 e. The fourth-order valence-electron chi connectivity index (χ4n) is 3.36. The second kappa shape index (κ2) is 9.05. The first kappa shape index (κ1) is 20.8. The summed E-state index contributed by atoms with van der Waals surface area (Å²) in [5, 5.41) is 11.9. The number of hydrogen-bond donors (Lipinski definition) is 0. The van der Waals surface area contributed by atoms with Crippen LogP contribution in [0.1, 0.15) is 46.9 Å². The first-order valence-electron chi connectivity index (χ1n) is 9.41. The molecule has 0 spiro atoms. The lowest BCUT2D eigenvalue weighted by atomic mass is 10.1. The molecule has 1 unspecified atom stereocenters. The van der Waals surface area contributed by atoms with Crippen LogP contribution in [0.3, 0.4) is 0 Å². The molecule has 0 saturated carbocycles. The van der Waals surface area contributed by atoms with Crippen molar-refractivity contribution >= 4 is 34.7 Å². The third-order valence-electron chi connectivity index (χ3n) is 4.87. The van der Waals surface area contributed by atoms with Gasteiger partial charge >= 0.3 is 5.97 Å². The molecule has 152 valence electrons. The zero-order chi connectivity index (χ0) is 21.0. The molecule has 7 nitrogen and oxygen atoms in total. The molecular formula is C21H21ClN2O5. The molecule has 0 aromatic heterocycles. The summed E-state index contributed by atoms with van der Waals surface area (Å²) in [7, 11) is 0. The monoisotopic (exact) mass is 416 g/mol. The smallest absolute Gasteiger partial charge is 0.339 e. The molecule has 1 heterocycles. The number of Topliss-reactive ketones (excluding diaryl/α,β-unsaturated/α-hetero) is 1. The predicted octanol–water partition coefficient (Wildman–Crippen LogP) is 4.67. The summed E-state index contributed by atoms with van der Waals surface area (Å²) in [5.41, 5.74) is 0.705. The Morgan fingerprint density at radius 2 is 1.83 bits per heavy atom. The molecule has 0 radical (unpaired) electrons. The SMILES string of the molecule is CC(OC(=O)c1ccc(N2CCCCC2)c([N+](=O)[O-])c1)C(=O)c1cccc(Cl)c1. The van der Waals surface area contributed by atoms with Gasteiger partial charge in [0.15, 0.2) is 6.10 Å². The maximum absolute atomic E-state index is 12.5. The number of ketones is 1. The quantitative estimate of drug-likeness (QED) is 0.294. The van der Waals surface area contributed by atoms with Gasteiger partial charge in [0.2, 0.25) is 5.78 Å². The van der Waals surface area contributed by atoms with E-state index >= 15 is 0 Å². The van der Waals surface area contributed by atoms with Crippen LogP contribution in [0.15, 0.2) is 42.5 Å². The summed E-state index contributed by atoms with van der Waals surface area (Å²) in [6, 6.07) is 10.6. The van der Waals surface area contributed by atoms with Crippen LogP contribution in [-0.2, 0) is 4.74 Å². The van der Waals surface area contributed by atoms with E-state index in [1.165, 1.54) is 25.1 Å². The van der Waals surface area contributed by atoms with Crippen LogP contribution in [0.25, 0.3) is 0 Å². The number of nitro benzene ring substituents is 1. The van der Waals surface area contributed by atoms with Gasteiger partial charge in [-0.15, -0.1) is 0 Å².